The van der Waals surface area contributed by atoms with E-state index in [4.69, 9.17) is 9.47 Å². The first-order chi connectivity index (χ1) is 12.5. The molecule has 0 radical (unpaired) electrons. The summed E-state index contributed by atoms with van der Waals surface area (Å²) >= 11 is 1.39. The van der Waals surface area contributed by atoms with Crippen LogP contribution in [0.4, 0.5) is 5.69 Å². The standard InChI is InChI=1S/C19H21N3O3S/c1-13-4-14(2)6-17(5-13)25-10-15-7-18(26-11-15)19(23)21-16-8-20-22(9-16)12-24-3/h4-9,11H,10,12H2,1-3H3,(H,21,23). The Morgan fingerprint density at radius 1 is 1.23 bits per heavy atom. The molecule has 6 nitrogen and oxygen atoms in total. The maximum Gasteiger partial charge on any atom is 0.265 e. The second-order valence-corrected chi connectivity index (χ2v) is 6.98. The Hall–Kier alpha value is -2.64. The van der Waals surface area contributed by atoms with Gasteiger partial charge in [-0.15, -0.1) is 11.3 Å². The fourth-order valence-electron chi connectivity index (χ4n) is 2.58. The fourth-order valence-corrected chi connectivity index (χ4v) is 3.37. The highest BCUT2D eigenvalue weighted by Crippen LogP contribution is 2.21. The maximum absolute atomic E-state index is 12.3. The lowest BCUT2D eigenvalue weighted by atomic mass is 10.1. The maximum atomic E-state index is 12.3. The Bertz CT molecular complexity index is 881. The van der Waals surface area contributed by atoms with Crippen molar-refractivity contribution >= 4 is 22.9 Å². The van der Waals surface area contributed by atoms with Crippen LogP contribution >= 0.6 is 11.3 Å². The third kappa shape index (κ3) is 4.71. The highest BCUT2D eigenvalue weighted by Gasteiger charge is 2.11. The zero-order valence-corrected chi connectivity index (χ0v) is 15.8. The quantitative estimate of drug-likeness (QED) is 0.682. The Kier molecular flexibility index (Phi) is 5.70. The first-order valence-corrected chi connectivity index (χ1v) is 9.02. The molecule has 1 N–H and O–H groups in total. The van der Waals surface area contributed by atoms with Gasteiger partial charge in [-0.2, -0.15) is 5.10 Å². The molecule has 0 saturated heterocycles. The molecule has 0 aliphatic carbocycles. The van der Waals surface area contributed by atoms with Gasteiger partial charge in [0.1, 0.15) is 19.1 Å². The molecule has 0 fully saturated rings. The second kappa shape index (κ2) is 8.16. The Balaban J connectivity index is 1.58. The fraction of sp³-hybridized carbons (Fsp3) is 0.263. The van der Waals surface area contributed by atoms with Gasteiger partial charge in [0.25, 0.3) is 5.91 Å². The number of rotatable bonds is 7. The van der Waals surface area contributed by atoms with E-state index in [2.05, 4.69) is 16.5 Å². The molecule has 2 heterocycles. The van der Waals surface area contributed by atoms with Gasteiger partial charge in [-0.3, -0.25) is 4.79 Å². The highest BCUT2D eigenvalue weighted by molar-refractivity contribution is 7.12. The van der Waals surface area contributed by atoms with Gasteiger partial charge in [-0.1, -0.05) is 6.07 Å². The van der Waals surface area contributed by atoms with Gasteiger partial charge in [0.15, 0.2) is 0 Å². The molecular weight excluding hydrogens is 350 g/mol. The number of hydrogen-bond acceptors (Lipinski definition) is 5. The third-order valence-corrected chi connectivity index (χ3v) is 4.61. The van der Waals surface area contributed by atoms with E-state index in [1.165, 1.54) is 22.5 Å². The summed E-state index contributed by atoms with van der Waals surface area (Å²) in [6.45, 7) is 4.86. The van der Waals surface area contributed by atoms with Gasteiger partial charge in [-0.25, -0.2) is 4.68 Å². The van der Waals surface area contributed by atoms with E-state index in [9.17, 15) is 4.79 Å². The topological polar surface area (TPSA) is 65.4 Å². The van der Waals surface area contributed by atoms with Gasteiger partial charge >= 0.3 is 0 Å². The van der Waals surface area contributed by atoms with Crippen LogP contribution in [0.3, 0.4) is 0 Å². The van der Waals surface area contributed by atoms with E-state index in [1.807, 2.05) is 37.4 Å². The summed E-state index contributed by atoms with van der Waals surface area (Å²) in [6, 6.07) is 7.96. The van der Waals surface area contributed by atoms with Gasteiger partial charge in [-0.05, 0) is 48.6 Å². The lowest BCUT2D eigenvalue weighted by molar-refractivity contribution is 0.103. The molecule has 3 aromatic rings. The van der Waals surface area contributed by atoms with E-state index in [1.54, 1.807) is 24.2 Å². The molecule has 1 amide bonds. The number of amides is 1. The zero-order chi connectivity index (χ0) is 18.5. The number of hydrogen-bond donors (Lipinski definition) is 1. The number of anilines is 1. The highest BCUT2D eigenvalue weighted by atomic mass is 32.1. The monoisotopic (exact) mass is 371 g/mol. The average Bonchev–Trinajstić information content (AvgIpc) is 3.22. The van der Waals surface area contributed by atoms with Gasteiger partial charge in [0, 0.05) is 12.7 Å². The Morgan fingerprint density at radius 3 is 2.73 bits per heavy atom. The van der Waals surface area contributed by atoms with E-state index >= 15 is 0 Å². The largest absolute Gasteiger partial charge is 0.489 e. The van der Waals surface area contributed by atoms with Crippen LogP contribution in [0.5, 0.6) is 5.75 Å². The van der Waals surface area contributed by atoms with Gasteiger partial charge in [0.05, 0.1) is 23.0 Å². The molecule has 0 saturated carbocycles. The molecule has 2 aromatic heterocycles. The average molecular weight is 371 g/mol. The SMILES string of the molecule is COCn1cc(NC(=O)c2cc(COc3cc(C)cc(C)c3)cs2)cn1. The summed E-state index contributed by atoms with van der Waals surface area (Å²) < 4.78 is 12.4. The van der Waals surface area contributed by atoms with Crippen molar-refractivity contribution in [2.24, 2.45) is 0 Å². The number of aryl methyl sites for hydroxylation is 2. The summed E-state index contributed by atoms with van der Waals surface area (Å²) in [5, 5.41) is 8.86. The van der Waals surface area contributed by atoms with Crippen LogP contribution in [0.1, 0.15) is 26.4 Å². The van der Waals surface area contributed by atoms with E-state index in [-0.39, 0.29) is 5.91 Å². The smallest absolute Gasteiger partial charge is 0.265 e. The number of carbonyl (C=O) groups excluding carboxylic acids is 1. The number of ether oxygens (including phenoxy) is 2. The predicted octanol–water partition coefficient (Wildman–Crippen LogP) is 4.00. The molecule has 26 heavy (non-hydrogen) atoms. The molecule has 0 bridgehead atoms. The lowest BCUT2D eigenvalue weighted by Crippen LogP contribution is -2.09. The lowest BCUT2D eigenvalue weighted by Gasteiger charge is -2.07. The van der Waals surface area contributed by atoms with Crippen LogP contribution in [0.15, 0.2) is 42.0 Å². The van der Waals surface area contributed by atoms with Crippen LogP contribution < -0.4 is 10.1 Å². The van der Waals surface area contributed by atoms with Crippen molar-refractivity contribution in [2.45, 2.75) is 27.2 Å². The molecule has 0 aliphatic heterocycles. The van der Waals surface area contributed by atoms with Crippen LogP contribution in [0.25, 0.3) is 0 Å². The summed E-state index contributed by atoms with van der Waals surface area (Å²) in [5.74, 6) is 0.676. The van der Waals surface area contributed by atoms with Crippen LogP contribution in [-0.4, -0.2) is 22.8 Å². The van der Waals surface area contributed by atoms with Crippen molar-refractivity contribution in [1.82, 2.24) is 9.78 Å². The minimum absolute atomic E-state index is 0.162. The molecule has 136 valence electrons. The second-order valence-electron chi connectivity index (χ2n) is 6.07. The number of aromatic nitrogens is 2. The molecule has 0 unspecified atom stereocenters. The molecule has 0 spiro atoms. The summed E-state index contributed by atoms with van der Waals surface area (Å²) in [7, 11) is 1.59. The van der Waals surface area contributed by atoms with Crippen LogP contribution in [-0.2, 0) is 18.1 Å². The van der Waals surface area contributed by atoms with Crippen LogP contribution in [0.2, 0.25) is 0 Å². The summed E-state index contributed by atoms with van der Waals surface area (Å²) in [6.07, 6.45) is 3.31. The molecule has 0 aliphatic rings. The Morgan fingerprint density at radius 2 is 2.00 bits per heavy atom. The first-order valence-electron chi connectivity index (χ1n) is 8.15. The Labute approximate surface area is 156 Å². The number of nitrogens with zero attached hydrogens (tertiary/aromatic N) is 2. The van der Waals surface area contributed by atoms with Crippen molar-refractivity contribution in [3.63, 3.8) is 0 Å². The van der Waals surface area contributed by atoms with Crippen molar-refractivity contribution < 1.29 is 14.3 Å². The van der Waals surface area contributed by atoms with Crippen LogP contribution in [0, 0.1) is 13.8 Å². The van der Waals surface area contributed by atoms with E-state index in [0.717, 1.165) is 11.3 Å². The summed E-state index contributed by atoms with van der Waals surface area (Å²) in [5.41, 5.74) is 3.93. The molecule has 7 heteroatoms. The minimum Gasteiger partial charge on any atom is -0.489 e. The number of thiophene rings is 1. The van der Waals surface area contributed by atoms with Gasteiger partial charge < -0.3 is 14.8 Å². The molecule has 0 atom stereocenters. The third-order valence-electron chi connectivity index (χ3n) is 3.63. The van der Waals surface area contributed by atoms with Crippen molar-refractivity contribution in [3.05, 3.63) is 63.6 Å². The number of methoxy groups -OCH3 is 1. The predicted molar refractivity (Wildman–Crippen MR) is 102 cm³/mol. The van der Waals surface area contributed by atoms with E-state index < -0.39 is 0 Å². The minimum atomic E-state index is -0.162. The van der Waals surface area contributed by atoms with Crippen molar-refractivity contribution in [3.8, 4) is 5.75 Å². The van der Waals surface area contributed by atoms with Crippen molar-refractivity contribution in [2.75, 3.05) is 12.4 Å². The van der Waals surface area contributed by atoms with Gasteiger partial charge in [0.2, 0.25) is 0 Å². The molecule has 1 aromatic carbocycles. The number of nitrogens with one attached hydrogen (secondary N) is 1. The molecular formula is C19H21N3O3S. The number of carbonyl (C=O) groups is 1. The first kappa shape index (κ1) is 18.2. The number of benzene rings is 1. The van der Waals surface area contributed by atoms with E-state index in [0.29, 0.717) is 23.9 Å². The normalized spacial score (nSPS) is 10.7. The molecule has 3 rings (SSSR count). The summed E-state index contributed by atoms with van der Waals surface area (Å²) in [4.78, 5) is 13.0. The van der Waals surface area contributed by atoms with Crippen molar-refractivity contribution in [1.29, 1.82) is 0 Å². The zero-order valence-electron chi connectivity index (χ0n) is 15.0.